The monoisotopic (exact) mass is 432 g/mol. The number of aromatic carboxylic acids is 2. The molecular weight excluding hydrogens is 419 g/mol. The van der Waals surface area contributed by atoms with Crippen LogP contribution < -0.4 is 16.0 Å². The SMILES string of the molecule is Nc1[nH]c(=O)c(C(=O)O)c(-c2ccc(OCc3ccc(F)cc3Cl)cc2)c1C(=O)O. The fourth-order valence-electron chi connectivity index (χ4n) is 2.85. The quantitative estimate of drug-likeness (QED) is 0.467. The summed E-state index contributed by atoms with van der Waals surface area (Å²) in [5.74, 6) is -3.68. The molecule has 0 amide bonds. The van der Waals surface area contributed by atoms with Gasteiger partial charge in [0.25, 0.3) is 5.56 Å². The number of anilines is 1. The summed E-state index contributed by atoms with van der Waals surface area (Å²) in [4.78, 5) is 37.3. The molecule has 8 nitrogen and oxygen atoms in total. The lowest BCUT2D eigenvalue weighted by Crippen LogP contribution is -2.24. The van der Waals surface area contributed by atoms with Crippen LogP contribution in [0.1, 0.15) is 26.3 Å². The maximum absolute atomic E-state index is 13.1. The number of halogens is 2. The second-order valence-corrected chi connectivity index (χ2v) is 6.56. The fourth-order valence-corrected chi connectivity index (χ4v) is 3.07. The van der Waals surface area contributed by atoms with Crippen molar-refractivity contribution in [2.75, 3.05) is 5.73 Å². The third-order valence-electron chi connectivity index (χ3n) is 4.22. The molecule has 0 saturated carbocycles. The van der Waals surface area contributed by atoms with Crippen molar-refractivity contribution in [1.82, 2.24) is 4.98 Å². The van der Waals surface area contributed by atoms with Gasteiger partial charge in [0.1, 0.15) is 35.1 Å². The summed E-state index contributed by atoms with van der Waals surface area (Å²) in [5, 5.41) is 19.1. The molecule has 30 heavy (non-hydrogen) atoms. The first kappa shape index (κ1) is 20.9. The minimum atomic E-state index is -1.60. The van der Waals surface area contributed by atoms with Gasteiger partial charge in [0.15, 0.2) is 0 Å². The van der Waals surface area contributed by atoms with Crippen molar-refractivity contribution in [3.05, 3.63) is 80.3 Å². The number of hydrogen-bond acceptors (Lipinski definition) is 5. The first-order valence-corrected chi connectivity index (χ1v) is 8.76. The maximum atomic E-state index is 13.1. The lowest BCUT2D eigenvalue weighted by molar-refractivity contribution is 0.0695. The number of carboxylic acid groups (broad SMARTS) is 2. The molecule has 0 aliphatic rings. The Bertz CT molecular complexity index is 1210. The zero-order valence-electron chi connectivity index (χ0n) is 15.1. The molecule has 1 heterocycles. The number of hydrogen-bond donors (Lipinski definition) is 4. The Labute approximate surface area is 173 Å². The Hall–Kier alpha value is -3.85. The van der Waals surface area contributed by atoms with Crippen LogP contribution in [-0.4, -0.2) is 27.1 Å². The zero-order chi connectivity index (χ0) is 22.0. The summed E-state index contributed by atoms with van der Waals surface area (Å²) >= 11 is 5.95. The van der Waals surface area contributed by atoms with E-state index in [2.05, 4.69) is 0 Å². The topological polar surface area (TPSA) is 143 Å². The predicted molar refractivity (Wildman–Crippen MR) is 107 cm³/mol. The van der Waals surface area contributed by atoms with Crippen LogP contribution >= 0.6 is 11.6 Å². The number of nitrogen functional groups attached to an aromatic ring is 1. The van der Waals surface area contributed by atoms with Crippen molar-refractivity contribution in [3.8, 4) is 16.9 Å². The molecule has 2 aromatic carbocycles. The van der Waals surface area contributed by atoms with E-state index in [-0.39, 0.29) is 22.8 Å². The Balaban J connectivity index is 1.97. The standard InChI is InChI=1S/C20H14ClFN2O6/c21-13-7-11(22)4-1-10(13)8-30-12-5-2-9(3-6-12)14-15(19(26)27)17(23)24-18(25)16(14)20(28)29/h1-7H,8H2,(H,26,27)(H,28,29)(H3,23,24,25). The van der Waals surface area contributed by atoms with Crippen molar-refractivity contribution in [2.24, 2.45) is 0 Å². The zero-order valence-corrected chi connectivity index (χ0v) is 15.9. The minimum absolute atomic E-state index is 0.0389. The van der Waals surface area contributed by atoms with Gasteiger partial charge >= 0.3 is 11.9 Å². The highest BCUT2D eigenvalue weighted by molar-refractivity contribution is 6.31. The van der Waals surface area contributed by atoms with E-state index >= 15 is 0 Å². The van der Waals surface area contributed by atoms with Crippen LogP contribution in [0, 0.1) is 5.82 Å². The second-order valence-electron chi connectivity index (χ2n) is 6.15. The van der Waals surface area contributed by atoms with Gasteiger partial charge in [-0.25, -0.2) is 14.0 Å². The fraction of sp³-hybridized carbons (Fsp3) is 0.0500. The smallest absolute Gasteiger partial charge is 0.342 e. The first-order chi connectivity index (χ1) is 14.2. The van der Waals surface area contributed by atoms with E-state index in [0.717, 1.165) is 6.07 Å². The number of aromatic amines is 1. The van der Waals surface area contributed by atoms with E-state index in [0.29, 0.717) is 11.3 Å². The van der Waals surface area contributed by atoms with E-state index in [1.54, 1.807) is 0 Å². The van der Waals surface area contributed by atoms with Gasteiger partial charge in [0.05, 0.1) is 5.02 Å². The van der Waals surface area contributed by atoms with E-state index in [1.165, 1.54) is 36.4 Å². The number of carboxylic acids is 2. The summed E-state index contributed by atoms with van der Waals surface area (Å²) in [6.45, 7) is 0.0389. The van der Waals surface area contributed by atoms with Gasteiger partial charge in [0, 0.05) is 11.1 Å². The van der Waals surface area contributed by atoms with Crippen molar-refractivity contribution >= 4 is 29.4 Å². The molecule has 3 aromatic rings. The number of H-pyrrole nitrogens is 1. The number of aromatic nitrogens is 1. The third-order valence-corrected chi connectivity index (χ3v) is 4.58. The molecule has 0 saturated heterocycles. The first-order valence-electron chi connectivity index (χ1n) is 8.38. The van der Waals surface area contributed by atoms with Gasteiger partial charge in [-0.1, -0.05) is 29.8 Å². The molecule has 3 rings (SSSR count). The Morgan fingerprint density at radius 3 is 2.27 bits per heavy atom. The summed E-state index contributed by atoms with van der Waals surface area (Å²) in [6, 6.07) is 9.59. The van der Waals surface area contributed by atoms with Gasteiger partial charge in [-0.05, 0) is 29.8 Å². The van der Waals surface area contributed by atoms with E-state index in [9.17, 15) is 29.0 Å². The van der Waals surface area contributed by atoms with Gasteiger partial charge in [-0.2, -0.15) is 0 Å². The molecule has 0 fully saturated rings. The van der Waals surface area contributed by atoms with Crippen molar-refractivity contribution < 1.29 is 28.9 Å². The van der Waals surface area contributed by atoms with Crippen molar-refractivity contribution in [1.29, 1.82) is 0 Å². The van der Waals surface area contributed by atoms with Gasteiger partial charge in [0.2, 0.25) is 0 Å². The van der Waals surface area contributed by atoms with Crippen LogP contribution in [0.2, 0.25) is 5.02 Å². The van der Waals surface area contributed by atoms with Gasteiger partial charge in [-0.15, -0.1) is 0 Å². The normalized spacial score (nSPS) is 10.6. The Morgan fingerprint density at radius 1 is 1.07 bits per heavy atom. The highest BCUT2D eigenvalue weighted by Crippen LogP contribution is 2.30. The van der Waals surface area contributed by atoms with Crippen LogP contribution in [0.3, 0.4) is 0 Å². The lowest BCUT2D eigenvalue weighted by atomic mass is 9.95. The van der Waals surface area contributed by atoms with Crippen LogP contribution in [0.4, 0.5) is 10.2 Å². The highest BCUT2D eigenvalue weighted by Gasteiger charge is 2.26. The molecule has 0 spiro atoms. The van der Waals surface area contributed by atoms with Crippen LogP contribution in [0.25, 0.3) is 11.1 Å². The number of carbonyl (C=O) groups is 2. The summed E-state index contributed by atoms with van der Waals surface area (Å²) in [7, 11) is 0. The Kier molecular flexibility index (Phi) is 5.74. The molecule has 0 atom stereocenters. The van der Waals surface area contributed by atoms with Crippen LogP contribution in [-0.2, 0) is 6.61 Å². The van der Waals surface area contributed by atoms with E-state index < -0.39 is 40.3 Å². The predicted octanol–water partition coefficient (Wildman–Crippen LogP) is 3.39. The highest BCUT2D eigenvalue weighted by atomic mass is 35.5. The molecule has 0 bridgehead atoms. The number of rotatable bonds is 6. The molecule has 0 aliphatic carbocycles. The molecule has 1 aromatic heterocycles. The lowest BCUT2D eigenvalue weighted by Gasteiger charge is -2.13. The van der Waals surface area contributed by atoms with E-state index in [1.807, 2.05) is 4.98 Å². The van der Waals surface area contributed by atoms with Gasteiger partial charge < -0.3 is 25.7 Å². The van der Waals surface area contributed by atoms with Gasteiger partial charge in [-0.3, -0.25) is 4.79 Å². The van der Waals surface area contributed by atoms with Crippen molar-refractivity contribution in [3.63, 3.8) is 0 Å². The summed E-state index contributed by atoms with van der Waals surface area (Å²) in [5.41, 5.74) is 3.69. The maximum Gasteiger partial charge on any atom is 0.342 e. The minimum Gasteiger partial charge on any atom is -0.489 e. The van der Waals surface area contributed by atoms with E-state index in [4.69, 9.17) is 22.1 Å². The molecule has 5 N–H and O–H groups in total. The summed E-state index contributed by atoms with van der Waals surface area (Å²) in [6.07, 6.45) is 0. The molecule has 10 heteroatoms. The largest absolute Gasteiger partial charge is 0.489 e. The average Bonchev–Trinajstić information content (AvgIpc) is 2.66. The molecule has 0 radical (unpaired) electrons. The molecule has 0 aliphatic heterocycles. The van der Waals surface area contributed by atoms with Crippen molar-refractivity contribution in [2.45, 2.75) is 6.61 Å². The number of nitrogens with one attached hydrogen (secondary N) is 1. The molecule has 0 unspecified atom stereocenters. The third kappa shape index (κ3) is 4.11. The number of benzene rings is 2. The number of nitrogens with two attached hydrogens (primary N) is 1. The number of ether oxygens (including phenoxy) is 1. The molecular formula is C20H14ClFN2O6. The van der Waals surface area contributed by atoms with Crippen LogP contribution in [0.15, 0.2) is 47.3 Å². The Morgan fingerprint density at radius 2 is 1.70 bits per heavy atom. The average molecular weight is 433 g/mol. The second kappa shape index (κ2) is 8.26. The number of pyridine rings is 1. The van der Waals surface area contributed by atoms with Crippen LogP contribution in [0.5, 0.6) is 5.75 Å². The summed E-state index contributed by atoms with van der Waals surface area (Å²) < 4.78 is 18.7. The molecule has 154 valence electrons.